The summed E-state index contributed by atoms with van der Waals surface area (Å²) in [5.74, 6) is 0.0842. The van der Waals surface area contributed by atoms with Crippen LogP contribution in [0.15, 0.2) is 57.9 Å². The van der Waals surface area contributed by atoms with Gasteiger partial charge in [0.25, 0.3) is 0 Å². The number of aromatic nitrogens is 2. The molecule has 0 saturated carbocycles. The Balaban J connectivity index is 1.39. The van der Waals surface area contributed by atoms with Gasteiger partial charge in [-0.2, -0.15) is 0 Å². The summed E-state index contributed by atoms with van der Waals surface area (Å²) in [5.41, 5.74) is 5.91. The lowest BCUT2D eigenvalue weighted by Crippen LogP contribution is -2.45. The average molecular weight is 619 g/mol. The van der Waals surface area contributed by atoms with Gasteiger partial charge in [0.1, 0.15) is 0 Å². The van der Waals surface area contributed by atoms with Gasteiger partial charge in [0.2, 0.25) is 5.91 Å². The smallest absolute Gasteiger partial charge is 0.224 e. The first-order valence-electron chi connectivity index (χ1n) is 12.0. The lowest BCUT2D eigenvalue weighted by atomic mass is 9.91. The highest BCUT2D eigenvalue weighted by atomic mass is 79.9. The van der Waals surface area contributed by atoms with Gasteiger partial charge in [-0.05, 0) is 101 Å². The fourth-order valence-electron chi connectivity index (χ4n) is 5.33. The number of carbonyl (C=O) groups is 1. The van der Waals surface area contributed by atoms with Crippen molar-refractivity contribution in [2.45, 2.75) is 38.1 Å². The minimum absolute atomic E-state index is 0.0202. The van der Waals surface area contributed by atoms with Crippen LogP contribution in [0.2, 0.25) is 5.02 Å². The van der Waals surface area contributed by atoms with Crippen LogP contribution in [0.5, 0.6) is 0 Å². The van der Waals surface area contributed by atoms with Crippen LogP contribution in [0.1, 0.15) is 46.8 Å². The lowest BCUT2D eigenvalue weighted by molar-refractivity contribution is -0.126. The molecule has 2 aliphatic rings. The third-order valence-electron chi connectivity index (χ3n) is 6.97. The zero-order valence-electron chi connectivity index (χ0n) is 19.3. The predicted molar refractivity (Wildman–Crippen MR) is 146 cm³/mol. The molecule has 1 fully saturated rings. The number of amides is 1. The summed E-state index contributed by atoms with van der Waals surface area (Å²) in [5, 5.41) is 3.89. The SMILES string of the molecule is O=C(NCCc1cccnc1)C1CCCN(C2c3ncc(Br)cc3CCc3cc(Cl)cc(Br)c32)C1. The van der Waals surface area contributed by atoms with Crippen LogP contribution in [-0.2, 0) is 24.1 Å². The number of halogens is 3. The molecule has 8 heteroatoms. The van der Waals surface area contributed by atoms with Gasteiger partial charge < -0.3 is 5.32 Å². The van der Waals surface area contributed by atoms with E-state index in [4.69, 9.17) is 16.6 Å². The Morgan fingerprint density at radius 2 is 2.03 bits per heavy atom. The maximum atomic E-state index is 13.1. The van der Waals surface area contributed by atoms with Crippen LogP contribution in [-0.4, -0.2) is 40.4 Å². The van der Waals surface area contributed by atoms with Crippen LogP contribution in [0, 0.1) is 5.92 Å². The summed E-state index contributed by atoms with van der Waals surface area (Å²) >= 11 is 13.8. The number of nitrogens with zero attached hydrogens (tertiary/aromatic N) is 3. The minimum atomic E-state index is -0.0469. The summed E-state index contributed by atoms with van der Waals surface area (Å²) in [6.07, 6.45) is 9.97. The van der Waals surface area contributed by atoms with Gasteiger partial charge in [0, 0.05) is 45.6 Å². The molecule has 1 aliphatic heterocycles. The van der Waals surface area contributed by atoms with Gasteiger partial charge in [-0.3, -0.25) is 19.7 Å². The van der Waals surface area contributed by atoms with Gasteiger partial charge in [0.15, 0.2) is 0 Å². The van der Waals surface area contributed by atoms with Crippen LogP contribution in [0.25, 0.3) is 0 Å². The Bertz CT molecular complexity index is 1220. The maximum absolute atomic E-state index is 13.1. The Labute approximate surface area is 227 Å². The third-order valence-corrected chi connectivity index (χ3v) is 8.28. The first-order valence-corrected chi connectivity index (χ1v) is 14.0. The lowest BCUT2D eigenvalue weighted by Gasteiger charge is -2.38. The standard InChI is InChI=1S/C27H27Br2ClN4O/c28-21-11-19-6-5-18-12-22(30)13-23(29)24(18)26(25(19)33-15-21)34-10-2-4-20(16-34)27(35)32-9-7-17-3-1-8-31-14-17/h1,3,8,11-15,20,26H,2,4-7,9-10,16H2,(H,32,35). The molecule has 5 rings (SSSR count). The van der Waals surface area contributed by atoms with Gasteiger partial charge in [-0.1, -0.05) is 33.6 Å². The molecule has 1 N–H and O–H groups in total. The number of pyridine rings is 2. The van der Waals surface area contributed by atoms with E-state index in [0.29, 0.717) is 13.1 Å². The van der Waals surface area contributed by atoms with E-state index in [9.17, 15) is 4.79 Å². The molecule has 0 bridgehead atoms. The van der Waals surface area contributed by atoms with Crippen molar-refractivity contribution in [2.75, 3.05) is 19.6 Å². The number of benzene rings is 1. The van der Waals surface area contributed by atoms with E-state index in [2.05, 4.69) is 59.2 Å². The molecule has 1 aliphatic carbocycles. The second-order valence-electron chi connectivity index (χ2n) is 9.30. The molecule has 1 saturated heterocycles. The largest absolute Gasteiger partial charge is 0.355 e. The van der Waals surface area contributed by atoms with Crippen molar-refractivity contribution in [3.8, 4) is 0 Å². The Morgan fingerprint density at radius 3 is 2.86 bits per heavy atom. The first kappa shape index (κ1) is 24.9. The van der Waals surface area contributed by atoms with E-state index < -0.39 is 0 Å². The number of nitrogens with one attached hydrogen (secondary N) is 1. The van der Waals surface area contributed by atoms with Crippen LogP contribution in [0.3, 0.4) is 0 Å². The van der Waals surface area contributed by atoms with Gasteiger partial charge in [-0.15, -0.1) is 0 Å². The molecule has 1 amide bonds. The molecule has 2 unspecified atom stereocenters. The predicted octanol–water partition coefficient (Wildman–Crippen LogP) is 5.91. The fourth-order valence-corrected chi connectivity index (χ4v) is 6.80. The topological polar surface area (TPSA) is 58.1 Å². The molecule has 182 valence electrons. The Hall–Kier alpha value is -1.80. The van der Waals surface area contributed by atoms with E-state index in [1.54, 1.807) is 6.20 Å². The van der Waals surface area contributed by atoms with E-state index in [0.717, 1.165) is 63.9 Å². The van der Waals surface area contributed by atoms with Crippen molar-refractivity contribution in [2.24, 2.45) is 5.92 Å². The maximum Gasteiger partial charge on any atom is 0.224 e. The van der Waals surface area contributed by atoms with E-state index in [-0.39, 0.29) is 17.9 Å². The number of likely N-dealkylation sites (tertiary alicyclic amines) is 1. The molecule has 0 radical (unpaired) electrons. The van der Waals surface area contributed by atoms with Crippen LogP contribution < -0.4 is 5.32 Å². The molecule has 0 spiro atoms. The zero-order valence-corrected chi connectivity index (χ0v) is 23.2. The van der Waals surface area contributed by atoms with E-state index in [1.165, 1.54) is 16.7 Å². The minimum Gasteiger partial charge on any atom is -0.355 e. The summed E-state index contributed by atoms with van der Waals surface area (Å²) in [4.78, 5) is 24.6. The summed E-state index contributed by atoms with van der Waals surface area (Å²) in [6.45, 7) is 2.25. The van der Waals surface area contributed by atoms with E-state index >= 15 is 0 Å². The zero-order chi connectivity index (χ0) is 24.4. The molecule has 3 aromatic rings. The number of hydrogen-bond donors (Lipinski definition) is 1. The molecule has 1 aromatic carbocycles. The Kier molecular flexibility index (Phi) is 7.87. The first-order chi connectivity index (χ1) is 17.0. The van der Waals surface area contributed by atoms with Crippen LogP contribution >= 0.6 is 43.5 Å². The molecule has 2 aromatic heterocycles. The monoisotopic (exact) mass is 616 g/mol. The molecule has 2 atom stereocenters. The van der Waals surface area contributed by atoms with Crippen molar-refractivity contribution in [1.29, 1.82) is 0 Å². The van der Waals surface area contributed by atoms with Gasteiger partial charge >= 0.3 is 0 Å². The van der Waals surface area contributed by atoms with Crippen LogP contribution in [0.4, 0.5) is 0 Å². The van der Waals surface area contributed by atoms with Crippen molar-refractivity contribution in [1.82, 2.24) is 20.2 Å². The number of hydrogen-bond acceptors (Lipinski definition) is 4. The molecular formula is C27H27Br2ClN4O. The van der Waals surface area contributed by atoms with E-state index in [1.807, 2.05) is 30.6 Å². The molecular weight excluding hydrogens is 592 g/mol. The fraction of sp³-hybridized carbons (Fsp3) is 0.370. The number of rotatable bonds is 5. The molecule has 5 nitrogen and oxygen atoms in total. The third kappa shape index (κ3) is 5.63. The normalized spacial score (nSPS) is 20.0. The summed E-state index contributed by atoms with van der Waals surface area (Å²) in [7, 11) is 0. The second kappa shape index (κ2) is 11.1. The highest BCUT2D eigenvalue weighted by Gasteiger charge is 2.36. The number of fused-ring (bicyclic) bond motifs is 2. The van der Waals surface area contributed by atoms with Crippen molar-refractivity contribution >= 4 is 49.4 Å². The Morgan fingerprint density at radius 1 is 1.17 bits per heavy atom. The van der Waals surface area contributed by atoms with Crippen molar-refractivity contribution in [3.63, 3.8) is 0 Å². The summed E-state index contributed by atoms with van der Waals surface area (Å²) < 4.78 is 1.99. The van der Waals surface area contributed by atoms with Crippen molar-refractivity contribution < 1.29 is 4.79 Å². The quantitative estimate of drug-likeness (QED) is 0.386. The molecule has 35 heavy (non-hydrogen) atoms. The number of aryl methyl sites for hydroxylation is 2. The highest BCUT2D eigenvalue weighted by molar-refractivity contribution is 9.10. The second-order valence-corrected chi connectivity index (χ2v) is 11.5. The molecule has 3 heterocycles. The van der Waals surface area contributed by atoms with Gasteiger partial charge in [-0.25, -0.2) is 0 Å². The number of piperidine rings is 1. The summed E-state index contributed by atoms with van der Waals surface area (Å²) in [6, 6.07) is 10.2. The number of carbonyl (C=O) groups excluding carboxylic acids is 1. The highest BCUT2D eigenvalue weighted by Crippen LogP contribution is 2.42. The average Bonchev–Trinajstić information content (AvgIpc) is 3.01. The van der Waals surface area contributed by atoms with Gasteiger partial charge in [0.05, 0.1) is 17.7 Å². The van der Waals surface area contributed by atoms with Crippen molar-refractivity contribution in [3.05, 3.63) is 90.8 Å².